The first kappa shape index (κ1) is 18.7. The van der Waals surface area contributed by atoms with Crippen molar-refractivity contribution >= 4 is 11.7 Å². The first-order valence-electron chi connectivity index (χ1n) is 9.83. The molecule has 0 radical (unpaired) electrons. The summed E-state index contributed by atoms with van der Waals surface area (Å²) < 4.78 is 29.2. The zero-order valence-electron chi connectivity index (χ0n) is 16.1. The molecular weight excluding hydrogens is 386 g/mol. The van der Waals surface area contributed by atoms with Crippen LogP contribution in [0.15, 0.2) is 48.5 Å². The summed E-state index contributed by atoms with van der Waals surface area (Å²) in [6.07, 6.45) is 0.720. The minimum absolute atomic E-state index is 0.0799. The number of nitrogens with two attached hydrogens (primary N) is 1. The average molecular weight is 406 g/mol. The van der Waals surface area contributed by atoms with Crippen LogP contribution in [0.25, 0.3) is 22.3 Å². The van der Waals surface area contributed by atoms with E-state index < -0.39 is 11.6 Å². The fraction of sp³-hybridized carbons (Fsp3) is 0.217. The van der Waals surface area contributed by atoms with Crippen molar-refractivity contribution in [2.75, 3.05) is 25.4 Å². The third kappa shape index (κ3) is 3.02. The fourth-order valence-electron chi connectivity index (χ4n) is 4.03. The highest BCUT2D eigenvalue weighted by Gasteiger charge is 2.38. The van der Waals surface area contributed by atoms with Gasteiger partial charge in [-0.1, -0.05) is 36.4 Å². The Kier molecular flexibility index (Phi) is 4.29. The lowest BCUT2D eigenvalue weighted by atomic mass is 9.89. The number of hydrogen-bond donors (Lipinski definition) is 3. The summed E-state index contributed by atoms with van der Waals surface area (Å²) in [7, 11) is 0. The van der Waals surface area contributed by atoms with Crippen LogP contribution in [0.2, 0.25) is 0 Å². The minimum atomic E-state index is -1.36. The molecule has 3 aromatic rings. The van der Waals surface area contributed by atoms with Gasteiger partial charge in [-0.25, -0.2) is 9.37 Å². The molecule has 152 valence electrons. The molecule has 3 heterocycles. The van der Waals surface area contributed by atoms with Crippen LogP contribution in [0.4, 0.5) is 14.6 Å². The third-order valence-corrected chi connectivity index (χ3v) is 5.87. The molecule has 0 atom stereocenters. The van der Waals surface area contributed by atoms with Gasteiger partial charge in [-0.05, 0) is 40.8 Å². The number of hydrogen-bond acceptors (Lipinski definition) is 4. The Labute approximate surface area is 172 Å². The molecule has 30 heavy (non-hydrogen) atoms. The third-order valence-electron chi connectivity index (χ3n) is 5.87. The number of alkyl halides is 1. The van der Waals surface area contributed by atoms with Crippen molar-refractivity contribution in [3.8, 4) is 22.3 Å². The number of nitrogens with one attached hydrogen (secondary N) is 2. The first-order chi connectivity index (χ1) is 14.4. The van der Waals surface area contributed by atoms with E-state index in [0.717, 1.165) is 17.5 Å². The molecule has 0 unspecified atom stereocenters. The van der Waals surface area contributed by atoms with Crippen molar-refractivity contribution in [2.24, 2.45) is 0 Å². The number of benzene rings is 2. The lowest BCUT2D eigenvalue weighted by molar-refractivity contribution is 0.0891. The van der Waals surface area contributed by atoms with Crippen molar-refractivity contribution in [1.29, 1.82) is 0 Å². The number of carbonyl (C=O) groups excluding carboxylic acids is 1. The van der Waals surface area contributed by atoms with E-state index in [1.54, 1.807) is 42.5 Å². The van der Waals surface area contributed by atoms with E-state index in [4.69, 9.17) is 5.73 Å². The number of rotatable bonds is 3. The Hall–Kier alpha value is -3.32. The Morgan fingerprint density at radius 2 is 1.70 bits per heavy atom. The Morgan fingerprint density at radius 1 is 0.967 bits per heavy atom. The van der Waals surface area contributed by atoms with Crippen LogP contribution in [0.3, 0.4) is 0 Å². The molecule has 0 aliphatic carbocycles. The maximum atomic E-state index is 14.6. The van der Waals surface area contributed by atoms with Crippen LogP contribution < -0.4 is 16.4 Å². The summed E-state index contributed by atoms with van der Waals surface area (Å²) in [4.78, 5) is 15.9. The summed E-state index contributed by atoms with van der Waals surface area (Å²) in [5.41, 5.74) is 9.05. The normalized spacial score (nSPS) is 17.1. The molecule has 1 amide bonds. The minimum Gasteiger partial charge on any atom is -0.383 e. The van der Waals surface area contributed by atoms with Crippen molar-refractivity contribution in [3.63, 3.8) is 0 Å². The van der Waals surface area contributed by atoms with E-state index in [1.165, 1.54) is 0 Å². The molecule has 1 fully saturated rings. The Bertz CT molecular complexity index is 1160. The maximum Gasteiger partial charge on any atom is 0.251 e. The number of halogens is 2. The molecule has 0 spiro atoms. The number of fused-ring (bicyclic) bond motifs is 1. The van der Waals surface area contributed by atoms with Crippen LogP contribution in [0, 0.1) is 5.95 Å². The predicted octanol–water partition coefficient (Wildman–Crippen LogP) is 3.19. The average Bonchev–Trinajstić information content (AvgIpc) is 2.72. The fourth-order valence-corrected chi connectivity index (χ4v) is 4.03. The number of anilines is 1. The zero-order chi connectivity index (χ0) is 20.9. The molecule has 2 aliphatic rings. The van der Waals surface area contributed by atoms with Crippen LogP contribution in [-0.2, 0) is 12.1 Å². The zero-order valence-corrected chi connectivity index (χ0v) is 16.1. The summed E-state index contributed by atoms with van der Waals surface area (Å²) in [5.74, 6) is -0.695. The highest BCUT2D eigenvalue weighted by molar-refractivity contribution is 5.97. The highest BCUT2D eigenvalue weighted by atomic mass is 19.1. The summed E-state index contributed by atoms with van der Waals surface area (Å²) >= 11 is 0. The SMILES string of the molecule is Nc1nc(F)c(-c2ccc(C3(F)CNC3)cc2)cc1-c1ccc2c(c1)CCNC2=O. The summed E-state index contributed by atoms with van der Waals surface area (Å²) in [5, 5.41) is 5.74. The van der Waals surface area contributed by atoms with E-state index >= 15 is 0 Å². The van der Waals surface area contributed by atoms with Crippen molar-refractivity contribution < 1.29 is 13.6 Å². The number of aromatic nitrogens is 1. The number of pyridine rings is 1. The first-order valence-corrected chi connectivity index (χ1v) is 9.83. The van der Waals surface area contributed by atoms with Crippen LogP contribution in [-0.4, -0.2) is 30.5 Å². The molecule has 1 aromatic heterocycles. The quantitative estimate of drug-likeness (QED) is 0.584. The molecule has 0 bridgehead atoms. The van der Waals surface area contributed by atoms with Gasteiger partial charge in [-0.15, -0.1) is 0 Å². The van der Waals surface area contributed by atoms with Gasteiger partial charge < -0.3 is 16.4 Å². The standard InChI is InChI=1S/C23H20F2N4O/c24-20-18(13-1-4-16(5-2-13)23(25)11-27-12-23)10-19(21(26)29-20)14-3-6-17-15(9-14)7-8-28-22(17)30/h1-6,9-10,27H,7-8,11-12H2,(H2,26,29)(H,28,30). The highest BCUT2D eigenvalue weighted by Crippen LogP contribution is 2.35. The van der Waals surface area contributed by atoms with Gasteiger partial charge in [-0.2, -0.15) is 4.39 Å². The topological polar surface area (TPSA) is 80.0 Å². The van der Waals surface area contributed by atoms with Crippen LogP contribution in [0.5, 0.6) is 0 Å². The molecule has 1 saturated heterocycles. The van der Waals surface area contributed by atoms with Gasteiger partial charge >= 0.3 is 0 Å². The van der Waals surface area contributed by atoms with Gasteiger partial charge in [0.05, 0.1) is 0 Å². The van der Waals surface area contributed by atoms with Crippen LogP contribution >= 0.6 is 0 Å². The second-order valence-corrected chi connectivity index (χ2v) is 7.78. The van der Waals surface area contributed by atoms with Gasteiger partial charge in [0, 0.05) is 36.3 Å². The molecule has 4 N–H and O–H groups in total. The Morgan fingerprint density at radius 3 is 2.40 bits per heavy atom. The summed E-state index contributed by atoms with van der Waals surface area (Å²) in [6, 6.07) is 13.9. The summed E-state index contributed by atoms with van der Waals surface area (Å²) in [6.45, 7) is 1.14. The maximum absolute atomic E-state index is 14.6. The van der Waals surface area contributed by atoms with E-state index in [9.17, 15) is 13.6 Å². The largest absolute Gasteiger partial charge is 0.383 e. The Balaban J connectivity index is 1.54. The van der Waals surface area contributed by atoms with Gasteiger partial charge in [0.2, 0.25) is 5.95 Å². The monoisotopic (exact) mass is 406 g/mol. The van der Waals surface area contributed by atoms with Gasteiger partial charge in [0.15, 0.2) is 5.67 Å². The second-order valence-electron chi connectivity index (χ2n) is 7.78. The van der Waals surface area contributed by atoms with Crippen molar-refractivity contribution in [2.45, 2.75) is 12.1 Å². The predicted molar refractivity (Wildman–Crippen MR) is 111 cm³/mol. The molecule has 7 heteroatoms. The smallest absolute Gasteiger partial charge is 0.251 e. The second kappa shape index (κ2) is 6.88. The van der Waals surface area contributed by atoms with E-state index in [0.29, 0.717) is 34.4 Å². The number of nitrogens with zero attached hydrogens (tertiary/aromatic N) is 1. The molecule has 2 aliphatic heterocycles. The van der Waals surface area contributed by atoms with Gasteiger partial charge in [0.25, 0.3) is 5.91 Å². The molecule has 0 saturated carbocycles. The molecule has 2 aromatic carbocycles. The van der Waals surface area contributed by atoms with Crippen LogP contribution in [0.1, 0.15) is 21.5 Å². The molecular formula is C23H20F2N4O. The van der Waals surface area contributed by atoms with E-state index in [1.807, 2.05) is 6.07 Å². The van der Waals surface area contributed by atoms with E-state index in [2.05, 4.69) is 15.6 Å². The number of carbonyl (C=O) groups is 1. The number of amides is 1. The van der Waals surface area contributed by atoms with Gasteiger partial charge in [-0.3, -0.25) is 4.79 Å². The van der Waals surface area contributed by atoms with E-state index in [-0.39, 0.29) is 24.8 Å². The van der Waals surface area contributed by atoms with Crippen molar-refractivity contribution in [3.05, 3.63) is 71.2 Å². The molecule has 5 rings (SSSR count). The lowest BCUT2D eigenvalue weighted by Gasteiger charge is -2.35. The van der Waals surface area contributed by atoms with Crippen molar-refractivity contribution in [1.82, 2.24) is 15.6 Å². The lowest BCUT2D eigenvalue weighted by Crippen LogP contribution is -2.53. The number of nitrogen functional groups attached to an aromatic ring is 1. The molecule has 5 nitrogen and oxygen atoms in total. The van der Waals surface area contributed by atoms with Gasteiger partial charge in [0.1, 0.15) is 5.82 Å².